The van der Waals surface area contributed by atoms with Crippen molar-refractivity contribution in [3.63, 3.8) is 0 Å². The maximum Gasteiger partial charge on any atom is 0.387 e. The molecule has 0 heterocycles. The van der Waals surface area contributed by atoms with Gasteiger partial charge >= 0.3 is 6.61 Å². The van der Waals surface area contributed by atoms with Gasteiger partial charge < -0.3 is 10.1 Å². The molecule has 0 bridgehead atoms. The van der Waals surface area contributed by atoms with Crippen molar-refractivity contribution >= 4 is 33.2 Å². The predicted molar refractivity (Wildman–Crippen MR) is 79.5 cm³/mol. The van der Waals surface area contributed by atoms with E-state index in [4.69, 9.17) is 11.6 Å². The van der Waals surface area contributed by atoms with E-state index in [1.165, 1.54) is 18.2 Å². The summed E-state index contributed by atoms with van der Waals surface area (Å²) in [6, 6.07) is 9.14. The zero-order valence-electron chi connectivity index (χ0n) is 10.5. The number of nitrogens with one attached hydrogen (secondary N) is 1. The number of hydrogen-bond donors (Lipinski definition) is 1. The number of rotatable bonds is 5. The van der Waals surface area contributed by atoms with E-state index in [1.54, 1.807) is 18.2 Å². The van der Waals surface area contributed by atoms with Crippen LogP contribution in [0.15, 0.2) is 40.9 Å². The Labute approximate surface area is 133 Å². The molecule has 0 saturated heterocycles. The molecule has 2 aromatic rings. The summed E-state index contributed by atoms with van der Waals surface area (Å²) < 4.78 is 43.6. The first-order valence-electron chi connectivity index (χ1n) is 5.88. The van der Waals surface area contributed by atoms with E-state index >= 15 is 0 Å². The molecule has 0 aliphatic heterocycles. The van der Waals surface area contributed by atoms with E-state index < -0.39 is 12.4 Å². The highest BCUT2D eigenvalue weighted by Gasteiger charge is 2.11. The normalized spacial score (nSPS) is 10.8. The van der Waals surface area contributed by atoms with Crippen LogP contribution in [0.1, 0.15) is 5.56 Å². The van der Waals surface area contributed by atoms with Gasteiger partial charge in [0.1, 0.15) is 5.75 Å². The van der Waals surface area contributed by atoms with Crippen LogP contribution in [0.25, 0.3) is 0 Å². The maximum absolute atomic E-state index is 13.7. The topological polar surface area (TPSA) is 21.3 Å². The second kappa shape index (κ2) is 7.04. The Morgan fingerprint density at radius 2 is 2.00 bits per heavy atom. The van der Waals surface area contributed by atoms with Crippen LogP contribution in [0, 0.1) is 5.82 Å². The molecule has 112 valence electrons. The SMILES string of the molecule is Fc1c(Cl)cccc1NCc1cc(Br)ccc1OC(F)F. The Morgan fingerprint density at radius 3 is 2.71 bits per heavy atom. The third kappa shape index (κ3) is 4.28. The summed E-state index contributed by atoms with van der Waals surface area (Å²) in [5, 5.41) is 2.79. The van der Waals surface area contributed by atoms with Gasteiger partial charge in [0.15, 0.2) is 5.82 Å². The highest BCUT2D eigenvalue weighted by atomic mass is 79.9. The van der Waals surface area contributed by atoms with Crippen LogP contribution >= 0.6 is 27.5 Å². The van der Waals surface area contributed by atoms with Gasteiger partial charge in [0.2, 0.25) is 0 Å². The number of ether oxygens (including phenoxy) is 1. The van der Waals surface area contributed by atoms with Crippen LogP contribution in [0.4, 0.5) is 18.9 Å². The fourth-order valence-corrected chi connectivity index (χ4v) is 2.31. The summed E-state index contributed by atoms with van der Waals surface area (Å²) in [4.78, 5) is 0. The first kappa shape index (κ1) is 16.0. The molecule has 0 atom stereocenters. The molecule has 7 heteroatoms. The van der Waals surface area contributed by atoms with E-state index in [0.717, 1.165) is 0 Å². The second-order valence-electron chi connectivity index (χ2n) is 4.09. The Bertz CT molecular complexity index is 640. The molecule has 21 heavy (non-hydrogen) atoms. The smallest absolute Gasteiger partial charge is 0.387 e. The fourth-order valence-electron chi connectivity index (χ4n) is 1.73. The van der Waals surface area contributed by atoms with E-state index in [2.05, 4.69) is 26.0 Å². The minimum atomic E-state index is -2.92. The Kier molecular flexibility index (Phi) is 5.36. The van der Waals surface area contributed by atoms with Crippen LogP contribution < -0.4 is 10.1 Å². The lowest BCUT2D eigenvalue weighted by molar-refractivity contribution is -0.0504. The highest BCUT2D eigenvalue weighted by Crippen LogP contribution is 2.27. The molecule has 1 N–H and O–H groups in total. The van der Waals surface area contributed by atoms with Crippen molar-refractivity contribution in [1.29, 1.82) is 0 Å². The van der Waals surface area contributed by atoms with Gasteiger partial charge in [0.05, 0.1) is 10.7 Å². The number of halogens is 5. The Hall–Kier alpha value is -1.40. The van der Waals surface area contributed by atoms with Crippen LogP contribution in [-0.4, -0.2) is 6.61 Å². The van der Waals surface area contributed by atoms with Crippen LogP contribution in [0.5, 0.6) is 5.75 Å². The Balaban J connectivity index is 2.19. The average Bonchev–Trinajstić information content (AvgIpc) is 2.42. The zero-order valence-corrected chi connectivity index (χ0v) is 12.9. The van der Waals surface area contributed by atoms with E-state index in [1.807, 2.05) is 0 Å². The average molecular weight is 381 g/mol. The lowest BCUT2D eigenvalue weighted by Crippen LogP contribution is -2.08. The van der Waals surface area contributed by atoms with Crippen molar-refractivity contribution in [2.45, 2.75) is 13.2 Å². The molecule has 0 aliphatic rings. The third-order valence-electron chi connectivity index (χ3n) is 2.66. The molecular formula is C14H10BrClF3NO. The van der Waals surface area contributed by atoms with Crippen molar-refractivity contribution in [2.24, 2.45) is 0 Å². The molecule has 0 spiro atoms. The predicted octanol–water partition coefficient (Wildman–Crippen LogP) is 5.46. The van der Waals surface area contributed by atoms with Gasteiger partial charge in [-0.15, -0.1) is 0 Å². The standard InChI is InChI=1S/C14H10BrClF3NO/c15-9-4-5-12(21-14(18)19)8(6-9)7-20-11-3-1-2-10(16)13(11)17/h1-6,14,20H,7H2. The van der Waals surface area contributed by atoms with Gasteiger partial charge in [0.25, 0.3) is 0 Å². The molecule has 0 aliphatic carbocycles. The lowest BCUT2D eigenvalue weighted by Gasteiger charge is -2.13. The molecule has 2 rings (SSSR count). The van der Waals surface area contributed by atoms with Crippen LogP contribution in [-0.2, 0) is 6.54 Å². The van der Waals surface area contributed by atoms with Gasteiger partial charge in [-0.2, -0.15) is 8.78 Å². The summed E-state index contributed by atoms with van der Waals surface area (Å²) >= 11 is 8.92. The molecule has 0 aromatic heterocycles. The van der Waals surface area contributed by atoms with Crippen molar-refractivity contribution in [3.05, 3.63) is 57.3 Å². The lowest BCUT2D eigenvalue weighted by atomic mass is 10.2. The minimum absolute atomic E-state index is 0.0155. The summed E-state index contributed by atoms with van der Waals surface area (Å²) in [5.41, 5.74) is 0.648. The molecule has 0 fully saturated rings. The first-order chi connectivity index (χ1) is 9.97. The molecule has 0 saturated carbocycles. The van der Waals surface area contributed by atoms with Crippen molar-refractivity contribution in [2.75, 3.05) is 5.32 Å². The van der Waals surface area contributed by atoms with Gasteiger partial charge in [-0.1, -0.05) is 33.6 Å². The van der Waals surface area contributed by atoms with Crippen molar-refractivity contribution in [1.82, 2.24) is 0 Å². The number of anilines is 1. The third-order valence-corrected chi connectivity index (χ3v) is 3.44. The van der Waals surface area contributed by atoms with E-state index in [0.29, 0.717) is 10.0 Å². The first-order valence-corrected chi connectivity index (χ1v) is 7.05. The van der Waals surface area contributed by atoms with Gasteiger partial charge in [-0.05, 0) is 30.3 Å². The van der Waals surface area contributed by atoms with Gasteiger partial charge in [-0.3, -0.25) is 0 Å². The summed E-state index contributed by atoms with van der Waals surface area (Å²) in [7, 11) is 0. The quantitative estimate of drug-likeness (QED) is 0.744. The summed E-state index contributed by atoms with van der Waals surface area (Å²) in [5.74, 6) is -0.561. The van der Waals surface area contributed by atoms with Crippen LogP contribution in [0.2, 0.25) is 5.02 Å². The number of alkyl halides is 2. The monoisotopic (exact) mass is 379 g/mol. The number of hydrogen-bond acceptors (Lipinski definition) is 2. The molecule has 2 nitrogen and oxygen atoms in total. The Morgan fingerprint density at radius 1 is 1.24 bits per heavy atom. The van der Waals surface area contributed by atoms with E-state index in [9.17, 15) is 13.2 Å². The molecule has 2 aromatic carbocycles. The molecule has 0 unspecified atom stereocenters. The summed E-state index contributed by atoms with van der Waals surface area (Å²) in [6.07, 6.45) is 0. The number of benzene rings is 2. The largest absolute Gasteiger partial charge is 0.434 e. The van der Waals surface area contributed by atoms with Gasteiger partial charge in [0, 0.05) is 16.6 Å². The van der Waals surface area contributed by atoms with Crippen molar-refractivity contribution in [3.8, 4) is 5.75 Å². The van der Waals surface area contributed by atoms with Crippen molar-refractivity contribution < 1.29 is 17.9 Å². The maximum atomic E-state index is 13.7. The molecule has 0 amide bonds. The highest BCUT2D eigenvalue weighted by molar-refractivity contribution is 9.10. The van der Waals surface area contributed by atoms with E-state index in [-0.39, 0.29) is 23.0 Å². The van der Waals surface area contributed by atoms with Crippen LogP contribution in [0.3, 0.4) is 0 Å². The summed E-state index contributed by atoms with van der Waals surface area (Å²) in [6.45, 7) is -2.81. The minimum Gasteiger partial charge on any atom is -0.434 e. The zero-order chi connectivity index (χ0) is 15.4. The second-order valence-corrected chi connectivity index (χ2v) is 5.41. The molecule has 0 radical (unpaired) electrons. The fraction of sp³-hybridized carbons (Fsp3) is 0.143. The van der Waals surface area contributed by atoms with Gasteiger partial charge in [-0.25, -0.2) is 4.39 Å². The molecular weight excluding hydrogens is 371 g/mol.